The standard InChI is InChI=1S/C14H15F2NO5S/c1-22-11-8-10(14(18)19)2-3-12(11)23(20,21)17-6-4-9(5-7-17)13(15)16/h2-3,8H,4-7H2,1H3,(H,18,19). The van der Waals surface area contributed by atoms with Crippen molar-refractivity contribution in [2.75, 3.05) is 20.2 Å². The van der Waals surface area contributed by atoms with Gasteiger partial charge in [-0.1, -0.05) is 0 Å². The monoisotopic (exact) mass is 347 g/mol. The molecule has 0 amide bonds. The van der Waals surface area contributed by atoms with E-state index in [-0.39, 0.29) is 47.7 Å². The van der Waals surface area contributed by atoms with Crippen molar-refractivity contribution in [3.63, 3.8) is 0 Å². The zero-order valence-electron chi connectivity index (χ0n) is 12.3. The summed E-state index contributed by atoms with van der Waals surface area (Å²) in [6.45, 7) is -0.113. The molecule has 0 aromatic heterocycles. The van der Waals surface area contributed by atoms with E-state index >= 15 is 0 Å². The van der Waals surface area contributed by atoms with Gasteiger partial charge in [0.1, 0.15) is 10.6 Å². The van der Waals surface area contributed by atoms with Gasteiger partial charge in [0.2, 0.25) is 10.0 Å². The Morgan fingerprint density at radius 3 is 2.35 bits per heavy atom. The van der Waals surface area contributed by atoms with Crippen LogP contribution in [0.4, 0.5) is 8.78 Å². The Morgan fingerprint density at radius 2 is 1.87 bits per heavy atom. The molecule has 0 bridgehead atoms. The van der Waals surface area contributed by atoms with Crippen LogP contribution in [0.3, 0.4) is 0 Å². The molecule has 126 valence electrons. The molecule has 0 radical (unpaired) electrons. The zero-order chi connectivity index (χ0) is 17.2. The number of rotatable bonds is 4. The highest BCUT2D eigenvalue weighted by molar-refractivity contribution is 7.89. The van der Waals surface area contributed by atoms with Gasteiger partial charge in [0.15, 0.2) is 0 Å². The largest absolute Gasteiger partial charge is 0.495 e. The number of benzene rings is 1. The van der Waals surface area contributed by atoms with E-state index in [1.807, 2.05) is 0 Å². The molecule has 0 unspecified atom stereocenters. The second-order valence-electron chi connectivity index (χ2n) is 4.94. The lowest BCUT2D eigenvalue weighted by atomic mass is 10.1. The van der Waals surface area contributed by atoms with Crippen LogP contribution in [0.2, 0.25) is 0 Å². The van der Waals surface area contributed by atoms with Crippen LogP contribution < -0.4 is 4.74 Å². The average molecular weight is 347 g/mol. The van der Waals surface area contributed by atoms with Crippen LogP contribution in [0.25, 0.3) is 0 Å². The summed E-state index contributed by atoms with van der Waals surface area (Å²) in [5, 5.41) is 8.94. The minimum absolute atomic E-state index is 0.0307. The molecule has 6 nitrogen and oxygen atoms in total. The molecule has 0 aliphatic carbocycles. The van der Waals surface area contributed by atoms with Crippen molar-refractivity contribution in [3.8, 4) is 5.75 Å². The minimum Gasteiger partial charge on any atom is -0.495 e. The third-order valence-corrected chi connectivity index (χ3v) is 5.56. The van der Waals surface area contributed by atoms with Gasteiger partial charge in [0.05, 0.1) is 12.7 Å². The first-order valence-electron chi connectivity index (χ1n) is 6.72. The fourth-order valence-corrected chi connectivity index (χ4v) is 3.92. The van der Waals surface area contributed by atoms with Crippen LogP contribution >= 0.6 is 0 Å². The maximum Gasteiger partial charge on any atom is 0.335 e. The molecular formula is C14H15F2NO5S. The van der Waals surface area contributed by atoms with Crippen LogP contribution in [-0.4, -0.2) is 44.0 Å². The number of ether oxygens (including phenoxy) is 1. The first kappa shape index (κ1) is 17.4. The van der Waals surface area contributed by atoms with E-state index in [4.69, 9.17) is 9.84 Å². The highest BCUT2D eigenvalue weighted by atomic mass is 32.2. The maximum atomic E-state index is 12.6. The summed E-state index contributed by atoms with van der Waals surface area (Å²) >= 11 is 0. The molecule has 1 aliphatic rings. The number of aromatic carboxylic acids is 1. The van der Waals surface area contributed by atoms with Gasteiger partial charge in [0.25, 0.3) is 6.08 Å². The second kappa shape index (κ2) is 6.63. The molecule has 23 heavy (non-hydrogen) atoms. The Hall–Kier alpha value is -2.00. The Balaban J connectivity index is 2.34. The number of carboxylic acids is 1. The molecule has 1 N–H and O–H groups in total. The van der Waals surface area contributed by atoms with Gasteiger partial charge < -0.3 is 9.84 Å². The van der Waals surface area contributed by atoms with Gasteiger partial charge in [-0.15, -0.1) is 0 Å². The summed E-state index contributed by atoms with van der Waals surface area (Å²) in [4.78, 5) is 10.8. The van der Waals surface area contributed by atoms with E-state index in [1.54, 1.807) is 0 Å². The van der Waals surface area contributed by atoms with E-state index in [2.05, 4.69) is 0 Å². The van der Waals surface area contributed by atoms with Crippen molar-refractivity contribution in [2.45, 2.75) is 17.7 Å². The summed E-state index contributed by atoms with van der Waals surface area (Å²) in [7, 11) is -2.72. The Bertz CT molecular complexity index is 746. The normalized spacial score (nSPS) is 16.2. The SMILES string of the molecule is COc1cc(C(=O)O)ccc1S(=O)(=O)N1CCC(=C(F)F)CC1. The van der Waals surface area contributed by atoms with E-state index < -0.39 is 22.1 Å². The minimum atomic E-state index is -3.95. The van der Waals surface area contributed by atoms with Crippen molar-refractivity contribution in [3.05, 3.63) is 35.4 Å². The van der Waals surface area contributed by atoms with Crippen molar-refractivity contribution < 1.29 is 31.8 Å². The lowest BCUT2D eigenvalue weighted by molar-refractivity contribution is 0.0696. The van der Waals surface area contributed by atoms with Crippen LogP contribution in [0, 0.1) is 0 Å². The highest BCUT2D eigenvalue weighted by Crippen LogP contribution is 2.31. The van der Waals surface area contributed by atoms with Gasteiger partial charge in [-0.05, 0) is 36.6 Å². The molecule has 1 fully saturated rings. The number of carboxylic acid groups (broad SMARTS) is 1. The number of hydrogen-bond donors (Lipinski definition) is 1. The molecule has 1 aromatic carbocycles. The van der Waals surface area contributed by atoms with Crippen LogP contribution in [0.1, 0.15) is 23.2 Å². The van der Waals surface area contributed by atoms with Gasteiger partial charge in [0, 0.05) is 13.1 Å². The Labute approximate surface area is 132 Å². The number of methoxy groups -OCH3 is 1. The van der Waals surface area contributed by atoms with Gasteiger partial charge in [-0.3, -0.25) is 0 Å². The third kappa shape index (κ3) is 3.50. The van der Waals surface area contributed by atoms with Crippen LogP contribution in [-0.2, 0) is 10.0 Å². The molecule has 9 heteroatoms. The Morgan fingerprint density at radius 1 is 1.26 bits per heavy atom. The summed E-state index contributed by atoms with van der Waals surface area (Å²) in [6, 6.07) is 3.43. The summed E-state index contributed by atoms with van der Waals surface area (Å²) in [5.41, 5.74) is -0.145. The quantitative estimate of drug-likeness (QED) is 0.904. The van der Waals surface area contributed by atoms with Gasteiger partial charge in [-0.2, -0.15) is 13.1 Å². The van der Waals surface area contributed by atoms with E-state index in [0.29, 0.717) is 0 Å². The predicted molar refractivity (Wildman–Crippen MR) is 77.2 cm³/mol. The number of sulfonamides is 1. The second-order valence-corrected chi connectivity index (χ2v) is 6.85. The third-order valence-electron chi connectivity index (χ3n) is 3.62. The maximum absolute atomic E-state index is 12.6. The van der Waals surface area contributed by atoms with Gasteiger partial charge >= 0.3 is 5.97 Å². The number of carbonyl (C=O) groups is 1. The number of halogens is 2. The van der Waals surface area contributed by atoms with Crippen molar-refractivity contribution in [1.29, 1.82) is 0 Å². The van der Waals surface area contributed by atoms with Crippen LogP contribution in [0.5, 0.6) is 5.75 Å². The lowest BCUT2D eigenvalue weighted by Gasteiger charge is -2.27. The molecule has 0 atom stereocenters. The smallest absolute Gasteiger partial charge is 0.335 e. The van der Waals surface area contributed by atoms with Crippen molar-refractivity contribution in [2.24, 2.45) is 0 Å². The molecular weight excluding hydrogens is 332 g/mol. The first-order valence-corrected chi connectivity index (χ1v) is 8.16. The average Bonchev–Trinajstić information content (AvgIpc) is 2.54. The molecule has 1 aromatic rings. The number of hydrogen-bond acceptors (Lipinski definition) is 4. The van der Waals surface area contributed by atoms with Crippen LogP contribution in [0.15, 0.2) is 34.7 Å². The lowest BCUT2D eigenvalue weighted by Crippen LogP contribution is -2.36. The first-order chi connectivity index (χ1) is 10.8. The number of piperidine rings is 1. The molecule has 1 aliphatic heterocycles. The molecule has 2 rings (SSSR count). The molecule has 1 saturated heterocycles. The number of nitrogens with zero attached hydrogens (tertiary/aromatic N) is 1. The summed E-state index contributed by atoms with van der Waals surface area (Å²) in [5.74, 6) is -1.30. The fraction of sp³-hybridized carbons (Fsp3) is 0.357. The topological polar surface area (TPSA) is 83.9 Å². The van der Waals surface area contributed by atoms with E-state index in [1.165, 1.54) is 7.11 Å². The highest BCUT2D eigenvalue weighted by Gasteiger charge is 2.31. The van der Waals surface area contributed by atoms with Crippen molar-refractivity contribution in [1.82, 2.24) is 4.31 Å². The Kier molecular flexibility index (Phi) is 5.00. The molecule has 1 heterocycles. The summed E-state index contributed by atoms with van der Waals surface area (Å²) < 4.78 is 56.4. The molecule has 0 spiro atoms. The molecule has 0 saturated carbocycles. The van der Waals surface area contributed by atoms with Gasteiger partial charge in [-0.25, -0.2) is 13.2 Å². The van der Waals surface area contributed by atoms with Crippen molar-refractivity contribution >= 4 is 16.0 Å². The zero-order valence-corrected chi connectivity index (χ0v) is 13.1. The predicted octanol–water partition coefficient (Wildman–Crippen LogP) is 2.33. The van der Waals surface area contributed by atoms with E-state index in [9.17, 15) is 22.0 Å². The summed E-state index contributed by atoms with van der Waals surface area (Å²) in [6.07, 6.45) is -1.82. The van der Waals surface area contributed by atoms with E-state index in [0.717, 1.165) is 22.5 Å². The fourth-order valence-electron chi connectivity index (χ4n) is 2.34.